The highest BCUT2D eigenvalue weighted by molar-refractivity contribution is 7.89. The smallest absolute Gasteiger partial charge is 0.393 e. The Morgan fingerprint density at radius 1 is 1.25 bits per heavy atom. The lowest BCUT2D eigenvalue weighted by atomic mass is 9.63. The van der Waals surface area contributed by atoms with Crippen LogP contribution >= 0.6 is 0 Å². The molecule has 0 amide bonds. The summed E-state index contributed by atoms with van der Waals surface area (Å²) in [6, 6.07) is 4.53. The number of sulfonamides is 1. The lowest BCUT2D eigenvalue weighted by Gasteiger charge is -2.56. The van der Waals surface area contributed by atoms with Gasteiger partial charge in [-0.1, -0.05) is 6.07 Å². The fraction of sp³-hybridized carbons (Fsp3) is 0.400. The molecule has 3 aromatic rings. The minimum Gasteiger partial charge on any atom is -0.393 e. The molecule has 1 saturated heterocycles. The van der Waals surface area contributed by atoms with E-state index in [4.69, 9.17) is 5.73 Å². The molecule has 1 aliphatic heterocycles. The maximum atomic E-state index is 13.2. The second-order valence-electron chi connectivity index (χ2n) is 8.66. The van der Waals surface area contributed by atoms with Crippen LogP contribution in [0.25, 0.3) is 16.9 Å². The summed E-state index contributed by atoms with van der Waals surface area (Å²) < 4.78 is 68.5. The van der Waals surface area contributed by atoms with Crippen LogP contribution in [0.2, 0.25) is 0 Å². The standard InChI is InChI=1S/C20H20F3N5O3S/c1-11-2-3-13(32(30,31)27-9-19(10-27)5-12(29)6-19)4-14(11)15-7-25-18-17(24)26-16(8-28(15)18)20(21,22)23/h2-4,7-8,12,29H,5-6,9-10H2,1H3,(H2,24,26). The number of aliphatic hydroxyl groups excluding tert-OH is 1. The van der Waals surface area contributed by atoms with E-state index in [1.54, 1.807) is 13.0 Å². The number of nitrogens with zero attached hydrogens (tertiary/aromatic N) is 4. The van der Waals surface area contributed by atoms with Crippen molar-refractivity contribution in [3.8, 4) is 11.3 Å². The van der Waals surface area contributed by atoms with Crippen LogP contribution in [0, 0.1) is 12.3 Å². The molecule has 3 N–H and O–H groups in total. The summed E-state index contributed by atoms with van der Waals surface area (Å²) in [6.45, 7) is 2.43. The first kappa shape index (κ1) is 21.2. The van der Waals surface area contributed by atoms with Crippen molar-refractivity contribution in [1.82, 2.24) is 18.7 Å². The normalized spacial score (nSPS) is 19.3. The third kappa shape index (κ3) is 3.16. The molecule has 12 heteroatoms. The average molecular weight is 467 g/mol. The van der Waals surface area contributed by atoms with Gasteiger partial charge in [-0.05, 0) is 37.5 Å². The first-order chi connectivity index (χ1) is 14.9. The largest absolute Gasteiger partial charge is 0.434 e. The number of fused-ring (bicyclic) bond motifs is 1. The van der Waals surface area contributed by atoms with Crippen LogP contribution in [-0.4, -0.2) is 51.4 Å². The summed E-state index contributed by atoms with van der Waals surface area (Å²) in [4.78, 5) is 7.51. The Morgan fingerprint density at radius 3 is 2.56 bits per heavy atom. The highest BCUT2D eigenvalue weighted by atomic mass is 32.2. The van der Waals surface area contributed by atoms with Crippen LogP contribution in [0.5, 0.6) is 0 Å². The molecule has 8 nitrogen and oxygen atoms in total. The number of hydrogen-bond donors (Lipinski definition) is 2. The second-order valence-corrected chi connectivity index (χ2v) is 10.6. The van der Waals surface area contributed by atoms with E-state index in [9.17, 15) is 26.7 Å². The number of rotatable bonds is 3. The maximum absolute atomic E-state index is 13.2. The van der Waals surface area contributed by atoms with Gasteiger partial charge >= 0.3 is 6.18 Å². The molecule has 0 bridgehead atoms. The molecule has 0 unspecified atom stereocenters. The number of benzene rings is 1. The molecule has 0 radical (unpaired) electrons. The highest BCUT2D eigenvalue weighted by Crippen LogP contribution is 2.50. The monoisotopic (exact) mass is 467 g/mol. The van der Waals surface area contributed by atoms with Gasteiger partial charge in [0.1, 0.15) is 0 Å². The Hall–Kier alpha value is -2.70. The van der Waals surface area contributed by atoms with E-state index in [0.717, 1.165) is 6.20 Å². The van der Waals surface area contributed by atoms with Gasteiger partial charge in [0.15, 0.2) is 17.2 Å². The Labute approximate surface area is 181 Å². The molecule has 2 aliphatic rings. The molecule has 1 aliphatic carbocycles. The van der Waals surface area contributed by atoms with Crippen LogP contribution in [0.4, 0.5) is 19.0 Å². The number of aryl methyl sites for hydroxylation is 1. The first-order valence-corrected chi connectivity index (χ1v) is 11.3. The molecular weight excluding hydrogens is 447 g/mol. The molecule has 1 saturated carbocycles. The van der Waals surface area contributed by atoms with Gasteiger partial charge in [-0.2, -0.15) is 17.5 Å². The van der Waals surface area contributed by atoms with E-state index in [0.29, 0.717) is 37.1 Å². The lowest BCUT2D eigenvalue weighted by molar-refractivity contribution is -0.141. The van der Waals surface area contributed by atoms with Crippen molar-refractivity contribution >= 4 is 21.5 Å². The number of aromatic nitrogens is 3. The van der Waals surface area contributed by atoms with Gasteiger partial charge in [0.2, 0.25) is 10.0 Å². The van der Waals surface area contributed by atoms with E-state index in [2.05, 4.69) is 9.97 Å². The topological polar surface area (TPSA) is 114 Å². The van der Waals surface area contributed by atoms with Crippen LogP contribution in [0.15, 0.2) is 35.5 Å². The van der Waals surface area contributed by atoms with Crippen molar-refractivity contribution in [2.45, 2.75) is 36.9 Å². The summed E-state index contributed by atoms with van der Waals surface area (Å²) in [6.07, 6.45) is -1.73. The zero-order valence-electron chi connectivity index (χ0n) is 17.0. The van der Waals surface area contributed by atoms with Crippen LogP contribution in [-0.2, 0) is 16.2 Å². The molecule has 0 atom stereocenters. The highest BCUT2D eigenvalue weighted by Gasteiger charge is 2.55. The average Bonchev–Trinajstić information content (AvgIpc) is 3.07. The van der Waals surface area contributed by atoms with Crippen molar-refractivity contribution in [3.63, 3.8) is 0 Å². The van der Waals surface area contributed by atoms with Gasteiger partial charge in [-0.15, -0.1) is 0 Å². The Balaban J connectivity index is 1.55. The van der Waals surface area contributed by atoms with Crippen molar-refractivity contribution in [1.29, 1.82) is 0 Å². The zero-order chi connectivity index (χ0) is 23.1. The van der Waals surface area contributed by atoms with E-state index in [-0.39, 0.29) is 33.6 Å². The summed E-state index contributed by atoms with van der Waals surface area (Å²) in [5.41, 5.74) is 5.79. The Morgan fingerprint density at radius 2 is 1.94 bits per heavy atom. The quantitative estimate of drug-likeness (QED) is 0.612. The minimum atomic E-state index is -4.70. The molecule has 1 spiro atoms. The second kappa shape index (κ2) is 6.65. The van der Waals surface area contributed by atoms with Crippen molar-refractivity contribution in [2.75, 3.05) is 18.8 Å². The third-order valence-corrected chi connectivity index (χ3v) is 8.08. The Bertz CT molecular complexity index is 1340. The number of halogens is 3. The van der Waals surface area contributed by atoms with Crippen molar-refractivity contribution in [3.05, 3.63) is 41.9 Å². The third-order valence-electron chi connectivity index (χ3n) is 6.29. The molecular formula is C20H20F3N5O3S. The van der Waals surface area contributed by atoms with Gasteiger partial charge in [-0.3, -0.25) is 4.40 Å². The zero-order valence-corrected chi connectivity index (χ0v) is 17.8. The maximum Gasteiger partial charge on any atom is 0.434 e. The van der Waals surface area contributed by atoms with E-state index in [1.165, 1.54) is 27.0 Å². The van der Waals surface area contributed by atoms with E-state index >= 15 is 0 Å². The fourth-order valence-electron chi connectivity index (χ4n) is 4.60. The van der Waals surface area contributed by atoms with Gasteiger partial charge in [0, 0.05) is 30.3 Å². The molecule has 5 rings (SSSR count). The minimum absolute atomic E-state index is 0.0424. The number of imidazole rings is 1. The van der Waals surface area contributed by atoms with Crippen molar-refractivity contribution < 1.29 is 26.7 Å². The van der Waals surface area contributed by atoms with Gasteiger partial charge in [0.25, 0.3) is 0 Å². The summed E-state index contributed by atoms with van der Waals surface area (Å²) in [5, 5.41) is 9.54. The van der Waals surface area contributed by atoms with Crippen LogP contribution < -0.4 is 5.73 Å². The first-order valence-electron chi connectivity index (χ1n) is 9.90. The lowest BCUT2D eigenvalue weighted by Crippen LogP contribution is -2.64. The SMILES string of the molecule is Cc1ccc(S(=O)(=O)N2CC3(CC(O)C3)C2)cc1-c1cnc2c(N)nc(C(F)(F)F)cn12. The van der Waals surface area contributed by atoms with Gasteiger partial charge < -0.3 is 10.8 Å². The molecule has 170 valence electrons. The molecule has 3 heterocycles. The summed E-state index contributed by atoms with van der Waals surface area (Å²) >= 11 is 0. The van der Waals surface area contributed by atoms with Crippen molar-refractivity contribution in [2.24, 2.45) is 5.41 Å². The van der Waals surface area contributed by atoms with E-state index in [1.807, 2.05) is 0 Å². The van der Waals surface area contributed by atoms with Gasteiger partial charge in [0.05, 0.1) is 22.9 Å². The molecule has 2 fully saturated rings. The number of nitrogen functional groups attached to an aromatic ring is 1. The van der Waals surface area contributed by atoms with Crippen LogP contribution in [0.1, 0.15) is 24.1 Å². The summed E-state index contributed by atoms with van der Waals surface area (Å²) in [7, 11) is -3.79. The predicted octanol–water partition coefficient (Wildman–Crippen LogP) is 2.45. The van der Waals surface area contributed by atoms with Crippen LogP contribution in [0.3, 0.4) is 0 Å². The number of hydrogen-bond acceptors (Lipinski definition) is 6. The predicted molar refractivity (Wildman–Crippen MR) is 109 cm³/mol. The number of nitrogens with two attached hydrogens (primary N) is 1. The van der Waals surface area contributed by atoms with Gasteiger partial charge in [-0.25, -0.2) is 18.4 Å². The number of anilines is 1. The molecule has 32 heavy (non-hydrogen) atoms. The Kier molecular flexibility index (Phi) is 4.40. The van der Waals surface area contributed by atoms with E-state index < -0.39 is 21.9 Å². The number of aliphatic hydroxyl groups is 1. The number of alkyl halides is 3. The molecule has 1 aromatic carbocycles. The summed E-state index contributed by atoms with van der Waals surface area (Å²) in [5.74, 6) is -0.374. The molecule has 2 aromatic heterocycles. The fourth-order valence-corrected chi connectivity index (χ4v) is 6.30.